The SMILES string of the molecule is CC(c1cc(O)c2c(c1F)C[C@H]1C[C@H]3[C@H](N(C)C)C(=O)C(C(N)=O)C(=O)[C@@]3(O)C(=O)C1C2=O)N1CCCCC1. The number of nitrogens with zero attached hydrogens (tertiary/aromatic N) is 2. The number of aliphatic hydroxyl groups is 1. The fourth-order valence-electron chi connectivity index (χ4n) is 7.48. The molecule has 11 heteroatoms. The topological polar surface area (TPSA) is 158 Å². The number of rotatable bonds is 4. The van der Waals surface area contributed by atoms with E-state index in [9.17, 15) is 34.2 Å². The molecule has 39 heavy (non-hydrogen) atoms. The second-order valence-corrected chi connectivity index (χ2v) is 11.7. The van der Waals surface area contributed by atoms with Gasteiger partial charge in [-0.1, -0.05) is 6.42 Å². The number of phenolic OH excluding ortho intramolecular Hbond substituents is 1. The van der Waals surface area contributed by atoms with Crippen LogP contribution in [-0.2, 0) is 25.6 Å². The quantitative estimate of drug-likeness (QED) is 0.461. The molecule has 1 aromatic rings. The Balaban J connectivity index is 1.59. The second kappa shape index (κ2) is 9.57. The van der Waals surface area contributed by atoms with E-state index in [0.29, 0.717) is 0 Å². The lowest BCUT2D eigenvalue weighted by atomic mass is 9.52. The number of fused-ring (bicyclic) bond motifs is 3. The van der Waals surface area contributed by atoms with Crippen molar-refractivity contribution in [2.24, 2.45) is 29.4 Å². The van der Waals surface area contributed by atoms with Crippen LogP contribution < -0.4 is 5.73 Å². The number of primary amides is 1. The summed E-state index contributed by atoms with van der Waals surface area (Å²) in [6, 6.07) is -0.313. The van der Waals surface area contributed by atoms with Crippen molar-refractivity contribution in [1.29, 1.82) is 0 Å². The average molecular weight is 544 g/mol. The number of hydrogen-bond donors (Lipinski definition) is 3. The lowest BCUT2D eigenvalue weighted by Crippen LogP contribution is -2.74. The molecule has 4 N–H and O–H groups in total. The first-order chi connectivity index (χ1) is 18.3. The molecule has 3 fully saturated rings. The number of hydrogen-bond acceptors (Lipinski definition) is 9. The van der Waals surface area contributed by atoms with E-state index in [2.05, 4.69) is 4.90 Å². The van der Waals surface area contributed by atoms with Crippen LogP contribution in [0.2, 0.25) is 0 Å². The number of carbonyl (C=O) groups is 5. The maximum Gasteiger partial charge on any atom is 0.235 e. The molecule has 3 aliphatic carbocycles. The van der Waals surface area contributed by atoms with Crippen molar-refractivity contribution >= 4 is 29.0 Å². The number of likely N-dealkylation sites (N-methyl/N-ethyl adjacent to an activating group) is 1. The highest BCUT2D eigenvalue weighted by atomic mass is 19.1. The molecular formula is C28H34FN3O7. The number of likely N-dealkylation sites (tertiary alicyclic amines) is 1. The third kappa shape index (κ3) is 3.88. The van der Waals surface area contributed by atoms with Crippen LogP contribution in [0.3, 0.4) is 0 Å². The number of ketones is 4. The zero-order valence-electron chi connectivity index (χ0n) is 22.3. The number of halogens is 1. The third-order valence-corrected chi connectivity index (χ3v) is 9.41. The standard InChI is InChI=1S/C28H34FN3O7/c1-12(32-7-5-4-6-8-32)14-11-17(33)19-15(21(14)29)9-13-10-16-22(31(2)3)24(35)20(27(30)38)26(37)28(16,39)25(36)18(13)23(19)34/h11-13,16,18,20,22,33,39H,4-10H2,1-3H3,(H2,30,38)/t12?,13-,16-,18?,20?,22-,28-/m0/s1. The van der Waals surface area contributed by atoms with Crippen LogP contribution in [-0.4, -0.2) is 87.9 Å². The molecule has 1 amide bonds. The molecule has 1 aliphatic heterocycles. The summed E-state index contributed by atoms with van der Waals surface area (Å²) in [5.41, 5.74) is 2.46. The number of nitrogens with two attached hydrogens (primary N) is 1. The van der Waals surface area contributed by atoms with Crippen molar-refractivity contribution in [3.8, 4) is 5.75 Å². The molecule has 2 saturated carbocycles. The Kier molecular flexibility index (Phi) is 6.76. The Morgan fingerprint density at radius 1 is 1.15 bits per heavy atom. The van der Waals surface area contributed by atoms with Gasteiger partial charge in [0.25, 0.3) is 0 Å². The zero-order chi connectivity index (χ0) is 28.5. The summed E-state index contributed by atoms with van der Waals surface area (Å²) in [5.74, 6) is -12.2. The van der Waals surface area contributed by atoms with Gasteiger partial charge in [-0.05, 0) is 71.8 Å². The number of carbonyl (C=O) groups excluding carboxylic acids is 5. The molecule has 1 aromatic carbocycles. The fraction of sp³-hybridized carbons (Fsp3) is 0.607. The van der Waals surface area contributed by atoms with E-state index >= 15 is 4.39 Å². The molecule has 4 aliphatic rings. The monoisotopic (exact) mass is 543 g/mol. The Hall–Kier alpha value is -3.02. The highest BCUT2D eigenvalue weighted by molar-refractivity contribution is 6.32. The molecule has 7 atom stereocenters. The third-order valence-electron chi connectivity index (χ3n) is 9.41. The van der Waals surface area contributed by atoms with Crippen molar-refractivity contribution in [2.45, 2.75) is 56.7 Å². The van der Waals surface area contributed by atoms with E-state index < -0.39 is 75.9 Å². The summed E-state index contributed by atoms with van der Waals surface area (Å²) in [4.78, 5) is 69.6. The zero-order valence-corrected chi connectivity index (χ0v) is 22.3. The summed E-state index contributed by atoms with van der Waals surface area (Å²) in [7, 11) is 3.03. The van der Waals surface area contributed by atoms with Gasteiger partial charge in [-0.3, -0.25) is 33.8 Å². The van der Waals surface area contributed by atoms with Gasteiger partial charge in [0.1, 0.15) is 11.6 Å². The van der Waals surface area contributed by atoms with Crippen LogP contribution in [0, 0.1) is 29.5 Å². The second-order valence-electron chi connectivity index (χ2n) is 11.7. The lowest BCUT2D eigenvalue weighted by molar-refractivity contribution is -0.181. The Morgan fingerprint density at radius 2 is 1.79 bits per heavy atom. The molecule has 1 heterocycles. The molecule has 0 bridgehead atoms. The van der Waals surface area contributed by atoms with E-state index in [1.165, 1.54) is 25.1 Å². The maximum absolute atomic E-state index is 16.1. The predicted molar refractivity (Wildman–Crippen MR) is 135 cm³/mol. The molecule has 3 unspecified atom stereocenters. The summed E-state index contributed by atoms with van der Waals surface area (Å²) in [6.45, 7) is 3.43. The number of Topliss-reactive ketones (excluding diaryl/α,β-unsaturated/α-hetero) is 4. The normalized spacial score (nSPS) is 33.9. The summed E-state index contributed by atoms with van der Waals surface area (Å²) >= 11 is 0. The fourth-order valence-corrected chi connectivity index (χ4v) is 7.48. The lowest BCUT2D eigenvalue weighted by Gasteiger charge is -2.52. The summed E-state index contributed by atoms with van der Waals surface area (Å²) in [5, 5.41) is 22.5. The Bertz CT molecular complexity index is 1290. The number of benzene rings is 1. The molecular weight excluding hydrogens is 509 g/mol. The van der Waals surface area contributed by atoms with E-state index in [-0.39, 0.29) is 35.6 Å². The van der Waals surface area contributed by atoms with Crippen LogP contribution >= 0.6 is 0 Å². The first kappa shape index (κ1) is 27.5. The van der Waals surface area contributed by atoms with Crippen molar-refractivity contribution in [2.75, 3.05) is 27.2 Å². The molecule has 5 rings (SSSR count). The van der Waals surface area contributed by atoms with E-state index in [4.69, 9.17) is 5.73 Å². The van der Waals surface area contributed by atoms with Crippen LogP contribution in [0.4, 0.5) is 4.39 Å². The van der Waals surface area contributed by atoms with Gasteiger partial charge >= 0.3 is 0 Å². The largest absolute Gasteiger partial charge is 0.507 e. The van der Waals surface area contributed by atoms with Gasteiger partial charge in [-0.2, -0.15) is 0 Å². The molecule has 210 valence electrons. The van der Waals surface area contributed by atoms with E-state index in [0.717, 1.165) is 32.4 Å². The number of piperidine rings is 1. The number of phenols is 1. The van der Waals surface area contributed by atoms with Gasteiger partial charge in [0.2, 0.25) is 5.91 Å². The predicted octanol–water partition coefficient (Wildman–Crippen LogP) is 0.553. The van der Waals surface area contributed by atoms with Crippen LogP contribution in [0.1, 0.15) is 60.1 Å². The minimum atomic E-state index is -2.80. The van der Waals surface area contributed by atoms with Crippen molar-refractivity contribution < 1.29 is 38.6 Å². The molecule has 0 aromatic heterocycles. The minimum absolute atomic E-state index is 0.00299. The van der Waals surface area contributed by atoms with Gasteiger partial charge < -0.3 is 15.9 Å². The average Bonchev–Trinajstić information content (AvgIpc) is 2.87. The summed E-state index contributed by atoms with van der Waals surface area (Å²) < 4.78 is 16.1. The van der Waals surface area contributed by atoms with Crippen molar-refractivity contribution in [1.82, 2.24) is 9.80 Å². The Morgan fingerprint density at radius 3 is 2.38 bits per heavy atom. The van der Waals surface area contributed by atoms with Gasteiger partial charge in [0, 0.05) is 23.1 Å². The Labute approximate surface area is 225 Å². The van der Waals surface area contributed by atoms with E-state index in [1.807, 2.05) is 6.92 Å². The smallest absolute Gasteiger partial charge is 0.235 e. The summed E-state index contributed by atoms with van der Waals surface area (Å²) in [6.07, 6.45) is 2.86. The number of amides is 1. The first-order valence-electron chi connectivity index (χ1n) is 13.4. The highest BCUT2D eigenvalue weighted by Crippen LogP contribution is 2.51. The molecule has 10 nitrogen and oxygen atoms in total. The molecule has 1 saturated heterocycles. The maximum atomic E-state index is 16.1. The van der Waals surface area contributed by atoms with Gasteiger partial charge in [0.15, 0.2) is 34.7 Å². The molecule has 0 radical (unpaired) electrons. The van der Waals surface area contributed by atoms with Gasteiger partial charge in [0.05, 0.1) is 17.5 Å². The minimum Gasteiger partial charge on any atom is -0.507 e. The van der Waals surface area contributed by atoms with E-state index in [1.54, 1.807) is 0 Å². The number of aromatic hydroxyl groups is 1. The first-order valence-corrected chi connectivity index (χ1v) is 13.4. The van der Waals surface area contributed by atoms with Gasteiger partial charge in [-0.25, -0.2) is 4.39 Å². The van der Waals surface area contributed by atoms with Gasteiger partial charge in [-0.15, -0.1) is 0 Å². The highest BCUT2D eigenvalue weighted by Gasteiger charge is 2.69. The van der Waals surface area contributed by atoms with Crippen molar-refractivity contribution in [3.05, 3.63) is 28.6 Å². The van der Waals surface area contributed by atoms with Crippen LogP contribution in [0.15, 0.2) is 6.07 Å². The van der Waals surface area contributed by atoms with Crippen molar-refractivity contribution in [3.63, 3.8) is 0 Å². The van der Waals surface area contributed by atoms with Crippen LogP contribution in [0.5, 0.6) is 5.75 Å². The van der Waals surface area contributed by atoms with Crippen LogP contribution in [0.25, 0.3) is 0 Å². The molecule has 0 spiro atoms.